The highest BCUT2D eigenvalue weighted by Crippen LogP contribution is 2.38. The summed E-state index contributed by atoms with van der Waals surface area (Å²) in [5.74, 6) is 1.87. The van der Waals surface area contributed by atoms with Crippen LogP contribution in [0.2, 0.25) is 0 Å². The number of hydrogen-bond acceptors (Lipinski definition) is 3. The molecule has 1 aliphatic rings. The van der Waals surface area contributed by atoms with Crippen molar-refractivity contribution >= 4 is 5.69 Å². The second-order valence-corrected chi connectivity index (χ2v) is 6.33. The first-order valence-corrected chi connectivity index (χ1v) is 7.29. The lowest BCUT2D eigenvalue weighted by atomic mass is 9.87. The number of aryl methyl sites for hydroxylation is 1. The molecule has 1 unspecified atom stereocenters. The molecule has 2 aromatic heterocycles. The topological polar surface area (TPSA) is 42.7 Å². The summed E-state index contributed by atoms with van der Waals surface area (Å²) in [6.45, 7) is 6.66. The Morgan fingerprint density at radius 2 is 2.15 bits per heavy atom. The van der Waals surface area contributed by atoms with Crippen molar-refractivity contribution < 1.29 is 0 Å². The van der Waals surface area contributed by atoms with Gasteiger partial charge in [0, 0.05) is 18.4 Å². The van der Waals surface area contributed by atoms with Crippen molar-refractivity contribution in [1.29, 1.82) is 0 Å². The second kappa shape index (κ2) is 4.93. The molecule has 1 atom stereocenters. The van der Waals surface area contributed by atoms with E-state index in [2.05, 4.69) is 35.2 Å². The van der Waals surface area contributed by atoms with Crippen LogP contribution < -0.4 is 5.32 Å². The number of nitrogens with zero attached hydrogens (tertiary/aromatic N) is 3. The Labute approximate surface area is 120 Å². The summed E-state index contributed by atoms with van der Waals surface area (Å²) in [5, 5.41) is 3.63. The smallest absolute Gasteiger partial charge is 0.138 e. The fourth-order valence-corrected chi connectivity index (χ4v) is 3.03. The SMILES string of the molecule is Cc1nccn1-c1ccc(NC2CCCC2(C)C)cn1. The highest BCUT2D eigenvalue weighted by molar-refractivity contribution is 5.45. The third kappa shape index (κ3) is 2.42. The molecule has 0 saturated heterocycles. The predicted octanol–water partition coefficient (Wildman–Crippen LogP) is 3.57. The van der Waals surface area contributed by atoms with E-state index in [1.54, 1.807) is 6.20 Å². The molecule has 2 heterocycles. The average molecular weight is 270 g/mol. The number of anilines is 1. The third-order valence-corrected chi connectivity index (χ3v) is 4.42. The van der Waals surface area contributed by atoms with Crippen LogP contribution in [-0.4, -0.2) is 20.6 Å². The number of rotatable bonds is 3. The molecule has 1 saturated carbocycles. The fraction of sp³-hybridized carbons (Fsp3) is 0.500. The van der Waals surface area contributed by atoms with Gasteiger partial charge in [0.05, 0.1) is 11.9 Å². The summed E-state index contributed by atoms with van der Waals surface area (Å²) in [6.07, 6.45) is 9.50. The fourth-order valence-electron chi connectivity index (χ4n) is 3.03. The van der Waals surface area contributed by atoms with Crippen LogP contribution in [0.15, 0.2) is 30.7 Å². The van der Waals surface area contributed by atoms with Gasteiger partial charge in [-0.25, -0.2) is 9.97 Å². The number of nitrogens with one attached hydrogen (secondary N) is 1. The molecule has 0 bridgehead atoms. The highest BCUT2D eigenvalue weighted by Gasteiger charge is 2.34. The minimum absolute atomic E-state index is 0.375. The number of pyridine rings is 1. The maximum Gasteiger partial charge on any atom is 0.138 e. The maximum atomic E-state index is 4.53. The molecule has 0 spiro atoms. The third-order valence-electron chi connectivity index (χ3n) is 4.42. The van der Waals surface area contributed by atoms with Crippen molar-refractivity contribution in [2.75, 3.05) is 5.32 Å². The maximum absolute atomic E-state index is 4.53. The summed E-state index contributed by atoms with van der Waals surface area (Å²) in [5.41, 5.74) is 1.48. The molecule has 2 aromatic rings. The predicted molar refractivity (Wildman–Crippen MR) is 81.1 cm³/mol. The van der Waals surface area contributed by atoms with Crippen LogP contribution in [0.3, 0.4) is 0 Å². The molecule has 1 N–H and O–H groups in total. The van der Waals surface area contributed by atoms with Gasteiger partial charge in [0.2, 0.25) is 0 Å². The lowest BCUT2D eigenvalue weighted by Gasteiger charge is -2.28. The van der Waals surface area contributed by atoms with Gasteiger partial charge >= 0.3 is 0 Å². The summed E-state index contributed by atoms with van der Waals surface area (Å²) < 4.78 is 1.99. The summed E-state index contributed by atoms with van der Waals surface area (Å²) in [4.78, 5) is 8.76. The van der Waals surface area contributed by atoms with E-state index in [1.807, 2.05) is 30.0 Å². The average Bonchev–Trinajstić information content (AvgIpc) is 2.97. The van der Waals surface area contributed by atoms with E-state index in [-0.39, 0.29) is 0 Å². The van der Waals surface area contributed by atoms with Crippen molar-refractivity contribution in [2.24, 2.45) is 5.41 Å². The van der Waals surface area contributed by atoms with Gasteiger partial charge in [0.25, 0.3) is 0 Å². The molecule has 4 nitrogen and oxygen atoms in total. The zero-order chi connectivity index (χ0) is 14.2. The van der Waals surface area contributed by atoms with E-state index in [9.17, 15) is 0 Å². The van der Waals surface area contributed by atoms with Crippen molar-refractivity contribution in [3.63, 3.8) is 0 Å². The zero-order valence-corrected chi connectivity index (χ0v) is 12.4. The van der Waals surface area contributed by atoms with Gasteiger partial charge in [-0.3, -0.25) is 4.57 Å². The molecule has 0 aromatic carbocycles. The normalized spacial score (nSPS) is 21.1. The van der Waals surface area contributed by atoms with Gasteiger partial charge in [-0.05, 0) is 37.3 Å². The monoisotopic (exact) mass is 270 g/mol. The van der Waals surface area contributed by atoms with Crippen LogP contribution in [0, 0.1) is 12.3 Å². The van der Waals surface area contributed by atoms with E-state index >= 15 is 0 Å². The van der Waals surface area contributed by atoms with Gasteiger partial charge in [0.15, 0.2) is 0 Å². The molecule has 20 heavy (non-hydrogen) atoms. The van der Waals surface area contributed by atoms with Crippen molar-refractivity contribution in [1.82, 2.24) is 14.5 Å². The molecule has 0 radical (unpaired) electrons. The molecule has 0 amide bonds. The Morgan fingerprint density at radius 3 is 2.70 bits per heavy atom. The molecule has 1 fully saturated rings. The highest BCUT2D eigenvalue weighted by atomic mass is 15.1. The molecule has 1 aliphatic carbocycles. The first-order chi connectivity index (χ1) is 9.56. The van der Waals surface area contributed by atoms with Gasteiger partial charge < -0.3 is 5.32 Å². The Hall–Kier alpha value is -1.84. The zero-order valence-electron chi connectivity index (χ0n) is 12.4. The van der Waals surface area contributed by atoms with Gasteiger partial charge in [-0.1, -0.05) is 20.3 Å². The Balaban J connectivity index is 1.75. The lowest BCUT2D eigenvalue weighted by Crippen LogP contribution is -2.30. The molecular formula is C16H22N4. The Bertz CT molecular complexity index is 583. The van der Waals surface area contributed by atoms with Crippen LogP contribution in [0.5, 0.6) is 0 Å². The van der Waals surface area contributed by atoms with Gasteiger partial charge in [-0.2, -0.15) is 0 Å². The summed E-state index contributed by atoms with van der Waals surface area (Å²) >= 11 is 0. The molecule has 106 valence electrons. The minimum atomic E-state index is 0.375. The van der Waals surface area contributed by atoms with Crippen LogP contribution in [-0.2, 0) is 0 Å². The molecule has 0 aliphatic heterocycles. The first-order valence-electron chi connectivity index (χ1n) is 7.29. The summed E-state index contributed by atoms with van der Waals surface area (Å²) in [6, 6.07) is 4.69. The van der Waals surface area contributed by atoms with E-state index in [1.165, 1.54) is 19.3 Å². The van der Waals surface area contributed by atoms with Crippen LogP contribution in [0.25, 0.3) is 5.82 Å². The van der Waals surface area contributed by atoms with E-state index in [0.717, 1.165) is 17.3 Å². The van der Waals surface area contributed by atoms with Gasteiger partial charge in [0.1, 0.15) is 11.6 Å². The Morgan fingerprint density at radius 1 is 1.30 bits per heavy atom. The van der Waals surface area contributed by atoms with Gasteiger partial charge in [-0.15, -0.1) is 0 Å². The lowest BCUT2D eigenvalue weighted by molar-refractivity contribution is 0.350. The molecule has 4 heteroatoms. The minimum Gasteiger partial charge on any atom is -0.381 e. The number of aromatic nitrogens is 3. The van der Waals surface area contributed by atoms with E-state index in [0.29, 0.717) is 11.5 Å². The summed E-state index contributed by atoms with van der Waals surface area (Å²) in [7, 11) is 0. The number of hydrogen-bond donors (Lipinski definition) is 1. The Kier molecular flexibility index (Phi) is 3.24. The van der Waals surface area contributed by atoms with Crippen LogP contribution >= 0.6 is 0 Å². The standard InChI is InChI=1S/C16H22N4/c1-12-17-9-10-20(12)15-7-6-13(11-18-15)19-14-5-4-8-16(14,2)3/h6-7,9-11,14,19H,4-5,8H2,1-3H3. The van der Waals surface area contributed by atoms with E-state index in [4.69, 9.17) is 0 Å². The largest absolute Gasteiger partial charge is 0.381 e. The molecular weight excluding hydrogens is 248 g/mol. The van der Waals surface area contributed by atoms with E-state index < -0.39 is 0 Å². The quantitative estimate of drug-likeness (QED) is 0.927. The van der Waals surface area contributed by atoms with Crippen molar-refractivity contribution in [3.8, 4) is 5.82 Å². The van der Waals surface area contributed by atoms with Crippen LogP contribution in [0.1, 0.15) is 38.9 Å². The van der Waals surface area contributed by atoms with Crippen molar-refractivity contribution in [3.05, 3.63) is 36.5 Å². The first kappa shape index (κ1) is 13.2. The van der Waals surface area contributed by atoms with Crippen LogP contribution in [0.4, 0.5) is 5.69 Å². The number of imidazole rings is 1. The second-order valence-electron chi connectivity index (χ2n) is 6.33. The van der Waals surface area contributed by atoms with Crippen molar-refractivity contribution in [2.45, 2.75) is 46.1 Å². The molecule has 3 rings (SSSR count).